The van der Waals surface area contributed by atoms with Crippen molar-refractivity contribution in [2.75, 3.05) is 0 Å². The van der Waals surface area contributed by atoms with Crippen LogP contribution in [-0.2, 0) is 0 Å². The van der Waals surface area contributed by atoms with Crippen LogP contribution >= 0.6 is 22.7 Å². The number of allylic oxidation sites excluding steroid dienone is 8. The van der Waals surface area contributed by atoms with E-state index in [4.69, 9.17) is 0 Å². The lowest BCUT2D eigenvalue weighted by molar-refractivity contribution is 0.886. The van der Waals surface area contributed by atoms with Gasteiger partial charge in [0.05, 0.1) is 0 Å². The van der Waals surface area contributed by atoms with Gasteiger partial charge in [0.1, 0.15) is 0 Å². The Morgan fingerprint density at radius 2 is 1.26 bits per heavy atom. The lowest BCUT2D eigenvalue weighted by atomic mass is 9.79. The van der Waals surface area contributed by atoms with Crippen molar-refractivity contribution in [1.82, 2.24) is 0 Å². The first-order valence-corrected chi connectivity index (χ1v) is 19.3. The van der Waals surface area contributed by atoms with Gasteiger partial charge >= 0.3 is 0 Å². The van der Waals surface area contributed by atoms with Crippen molar-refractivity contribution in [3.8, 4) is 32.0 Å². The maximum absolute atomic E-state index is 2.43. The molecule has 2 aromatic heterocycles. The van der Waals surface area contributed by atoms with Gasteiger partial charge in [0.15, 0.2) is 0 Å². The number of thiophene rings is 2. The third-order valence-corrected chi connectivity index (χ3v) is 12.6. The van der Waals surface area contributed by atoms with Gasteiger partial charge in [-0.1, -0.05) is 133 Å². The molecule has 0 fully saturated rings. The van der Waals surface area contributed by atoms with Crippen LogP contribution in [0.4, 0.5) is 0 Å². The molecule has 0 saturated heterocycles. The zero-order valence-electron chi connectivity index (χ0n) is 28.4. The molecule has 0 spiro atoms. The predicted molar refractivity (Wildman–Crippen MR) is 220 cm³/mol. The summed E-state index contributed by atoms with van der Waals surface area (Å²) in [6.07, 6.45) is 17.2. The van der Waals surface area contributed by atoms with Crippen molar-refractivity contribution in [3.05, 3.63) is 178 Å². The SMILES string of the molecule is Cc1ccc2c(C3C=CC=C(c4ccc(-c5ccccc5)s4)C3)c3cc(C)ccc3c(-c3cccc(-c4ccc(C5=CCCC=C5)s4)c3)c2c1. The van der Waals surface area contributed by atoms with Gasteiger partial charge in [-0.2, -0.15) is 0 Å². The minimum absolute atomic E-state index is 0.278. The summed E-state index contributed by atoms with van der Waals surface area (Å²) >= 11 is 3.80. The van der Waals surface area contributed by atoms with Gasteiger partial charge in [-0.3, -0.25) is 0 Å². The standard InChI is InChI=1S/C48H38S2/c1-31-19-21-39-41(27-31)47(37-17-9-15-35(29-37)45-25-23-43(49-45)33-11-5-3-6-12-33)40-22-20-32(2)28-42(40)48(39)38-18-10-16-36(30-38)46-26-24-44(50-46)34-13-7-4-8-14-34/h3,5-7,9-28,30,37H,4,8,29H2,1-2H3. The summed E-state index contributed by atoms with van der Waals surface area (Å²) in [5, 5.41) is 5.39. The summed E-state index contributed by atoms with van der Waals surface area (Å²) in [6, 6.07) is 43.4. The lowest BCUT2D eigenvalue weighted by Gasteiger charge is -2.25. The molecular formula is C48H38S2. The Balaban J connectivity index is 1.16. The number of benzene rings is 5. The lowest BCUT2D eigenvalue weighted by Crippen LogP contribution is -2.04. The number of hydrogen-bond acceptors (Lipinski definition) is 2. The highest BCUT2D eigenvalue weighted by molar-refractivity contribution is 7.17. The molecule has 2 heterocycles. The van der Waals surface area contributed by atoms with Crippen LogP contribution in [0.2, 0.25) is 0 Å². The second-order valence-electron chi connectivity index (χ2n) is 13.7. The van der Waals surface area contributed by atoms with E-state index in [0.717, 1.165) is 19.3 Å². The fourth-order valence-corrected chi connectivity index (χ4v) is 9.87. The van der Waals surface area contributed by atoms with Gasteiger partial charge in [0, 0.05) is 25.4 Å². The van der Waals surface area contributed by atoms with Gasteiger partial charge in [-0.15, -0.1) is 22.7 Å². The zero-order chi connectivity index (χ0) is 33.6. The number of aryl methyl sites for hydroxylation is 2. The first kappa shape index (κ1) is 31.0. The Bertz CT molecular complexity index is 2530. The highest BCUT2D eigenvalue weighted by atomic mass is 32.1. The molecular weight excluding hydrogens is 641 g/mol. The molecule has 0 amide bonds. The third kappa shape index (κ3) is 5.73. The van der Waals surface area contributed by atoms with E-state index >= 15 is 0 Å². The second-order valence-corrected chi connectivity index (χ2v) is 15.9. The maximum Gasteiger partial charge on any atom is 0.0349 e. The highest BCUT2D eigenvalue weighted by Gasteiger charge is 2.24. The normalized spacial score (nSPS) is 15.8. The largest absolute Gasteiger partial charge is 0.136 e. The second kappa shape index (κ2) is 13.0. The van der Waals surface area contributed by atoms with Crippen molar-refractivity contribution in [3.63, 3.8) is 0 Å². The van der Waals surface area contributed by atoms with Crippen LogP contribution in [-0.4, -0.2) is 0 Å². The van der Waals surface area contributed by atoms with Gasteiger partial charge in [0.2, 0.25) is 0 Å². The minimum Gasteiger partial charge on any atom is -0.136 e. The molecule has 50 heavy (non-hydrogen) atoms. The number of hydrogen-bond donors (Lipinski definition) is 0. The van der Waals surface area contributed by atoms with Gasteiger partial charge in [-0.05, 0) is 124 Å². The van der Waals surface area contributed by atoms with Crippen molar-refractivity contribution in [2.24, 2.45) is 0 Å². The summed E-state index contributed by atoms with van der Waals surface area (Å²) in [6.45, 7) is 4.45. The Morgan fingerprint density at radius 3 is 2.08 bits per heavy atom. The average Bonchev–Trinajstić information content (AvgIpc) is 3.87. The van der Waals surface area contributed by atoms with Crippen LogP contribution in [0.15, 0.2) is 152 Å². The smallest absolute Gasteiger partial charge is 0.0349 e. The molecule has 5 aromatic carbocycles. The number of fused-ring (bicyclic) bond motifs is 2. The predicted octanol–water partition coefficient (Wildman–Crippen LogP) is 14.6. The Kier molecular flexibility index (Phi) is 8.07. The molecule has 2 aliphatic rings. The average molecular weight is 679 g/mol. The highest BCUT2D eigenvalue weighted by Crippen LogP contribution is 2.47. The summed E-state index contributed by atoms with van der Waals surface area (Å²) in [5.74, 6) is 0.278. The quantitative estimate of drug-likeness (QED) is 0.154. The maximum atomic E-state index is 2.43. The van der Waals surface area contributed by atoms with Gasteiger partial charge < -0.3 is 0 Å². The monoisotopic (exact) mass is 678 g/mol. The van der Waals surface area contributed by atoms with Gasteiger partial charge in [0.25, 0.3) is 0 Å². The Labute approximate surface area is 303 Å². The van der Waals surface area contributed by atoms with Crippen LogP contribution in [0, 0.1) is 13.8 Å². The van der Waals surface area contributed by atoms with Crippen molar-refractivity contribution in [1.29, 1.82) is 0 Å². The molecule has 0 N–H and O–H groups in total. The van der Waals surface area contributed by atoms with E-state index in [2.05, 4.69) is 166 Å². The zero-order valence-corrected chi connectivity index (χ0v) is 30.1. The van der Waals surface area contributed by atoms with Crippen LogP contribution < -0.4 is 0 Å². The van der Waals surface area contributed by atoms with Crippen molar-refractivity contribution in [2.45, 2.75) is 39.0 Å². The molecule has 9 rings (SSSR count). The van der Waals surface area contributed by atoms with Crippen LogP contribution in [0.1, 0.15) is 51.6 Å². The summed E-state index contributed by atoms with van der Waals surface area (Å²) < 4.78 is 0. The molecule has 1 unspecified atom stereocenters. The van der Waals surface area contributed by atoms with Crippen molar-refractivity contribution >= 4 is 55.4 Å². The molecule has 242 valence electrons. The van der Waals surface area contributed by atoms with E-state index < -0.39 is 0 Å². The first-order valence-electron chi connectivity index (χ1n) is 17.7. The van der Waals surface area contributed by atoms with E-state index in [1.54, 1.807) is 0 Å². The molecule has 0 bridgehead atoms. The van der Waals surface area contributed by atoms with Crippen LogP contribution in [0.5, 0.6) is 0 Å². The topological polar surface area (TPSA) is 0 Å². The van der Waals surface area contributed by atoms with Gasteiger partial charge in [-0.25, -0.2) is 0 Å². The van der Waals surface area contributed by atoms with Crippen LogP contribution in [0.25, 0.3) is 64.7 Å². The molecule has 0 aliphatic heterocycles. The molecule has 1 atom stereocenters. The first-order chi connectivity index (χ1) is 24.6. The Hall–Kier alpha value is -5.02. The molecule has 7 aromatic rings. The molecule has 2 heteroatoms. The fourth-order valence-electron chi connectivity index (χ4n) is 7.80. The molecule has 0 saturated carbocycles. The van der Waals surface area contributed by atoms with E-state index in [0.29, 0.717) is 0 Å². The molecule has 0 radical (unpaired) electrons. The van der Waals surface area contributed by atoms with E-state index in [-0.39, 0.29) is 5.92 Å². The Morgan fingerprint density at radius 1 is 0.560 bits per heavy atom. The van der Waals surface area contributed by atoms with E-state index in [1.165, 1.54) is 91.1 Å². The summed E-state index contributed by atoms with van der Waals surface area (Å²) in [4.78, 5) is 5.35. The van der Waals surface area contributed by atoms with Crippen LogP contribution in [0.3, 0.4) is 0 Å². The van der Waals surface area contributed by atoms with E-state index in [9.17, 15) is 0 Å². The third-order valence-electron chi connectivity index (χ3n) is 10.2. The molecule has 0 nitrogen and oxygen atoms in total. The minimum atomic E-state index is 0.278. The molecule has 2 aliphatic carbocycles. The summed E-state index contributed by atoms with van der Waals surface area (Å²) in [5.41, 5.74) is 12.0. The summed E-state index contributed by atoms with van der Waals surface area (Å²) in [7, 11) is 0. The van der Waals surface area contributed by atoms with E-state index in [1.807, 2.05) is 22.7 Å². The number of rotatable bonds is 6. The fraction of sp³-hybridized carbons (Fsp3) is 0.125. The van der Waals surface area contributed by atoms with Crippen molar-refractivity contribution < 1.29 is 0 Å².